The molecule has 2 aromatic carbocycles. The average molecular weight is 574 g/mol. The van der Waals surface area contributed by atoms with Gasteiger partial charge in [0.2, 0.25) is 0 Å². The van der Waals surface area contributed by atoms with Crippen LogP contribution < -0.4 is 0 Å². The van der Waals surface area contributed by atoms with Crippen molar-refractivity contribution in [3.63, 3.8) is 0 Å². The minimum absolute atomic E-state index is 0.0181. The van der Waals surface area contributed by atoms with Crippen molar-refractivity contribution in [2.45, 2.75) is 26.1 Å². The van der Waals surface area contributed by atoms with Gasteiger partial charge in [-0.1, -0.05) is 0 Å². The number of Topliss-reactive ketones (excluding diaryl/α,β-unsaturated/α-hetero) is 4. The molecule has 6 aliphatic carbocycles. The molecule has 8 atom stereocenters. The zero-order valence-electron chi connectivity index (χ0n) is 21.8. The highest BCUT2D eigenvalue weighted by Crippen LogP contribution is 2.80. The SMILES string of the molecule is Cc1cc(O)c2c(c1O)C(=O)[C@]13C(=C2O)C(=O)[C@H]2[C@@H](O)[C@H]1[C@H]1[C@@H](O)[C@H]3C(=O)C3=C(O)c4c(O)cc(C)c(O)c4C(=O)[C@@]312. The average Bonchev–Trinajstić information content (AvgIpc) is 3.27. The summed E-state index contributed by atoms with van der Waals surface area (Å²) in [7, 11) is 0. The van der Waals surface area contributed by atoms with E-state index in [1.54, 1.807) is 0 Å². The molecule has 0 aliphatic heterocycles. The van der Waals surface area contributed by atoms with Gasteiger partial charge in [0.1, 0.15) is 34.5 Å². The number of hydrogen-bond acceptors (Lipinski definition) is 12. The topological polar surface area (TPSA) is 230 Å². The van der Waals surface area contributed by atoms with Gasteiger partial charge in [-0.15, -0.1) is 0 Å². The molecule has 12 heteroatoms. The second-order valence-electron chi connectivity index (χ2n) is 12.2. The van der Waals surface area contributed by atoms with Crippen LogP contribution in [0.5, 0.6) is 23.0 Å². The summed E-state index contributed by atoms with van der Waals surface area (Å²) in [5.74, 6) is -15.9. The Hall–Kier alpha value is -4.68. The first-order chi connectivity index (χ1) is 19.7. The number of allylic oxidation sites excluding steroid dienone is 2. The largest absolute Gasteiger partial charge is 0.507 e. The first kappa shape index (κ1) is 25.1. The van der Waals surface area contributed by atoms with E-state index < -0.39 is 138 Å². The highest BCUT2D eigenvalue weighted by Gasteiger charge is 2.90. The number of rotatable bonds is 0. The van der Waals surface area contributed by atoms with Crippen molar-refractivity contribution in [1.29, 1.82) is 0 Å². The molecular formula is C30H22O12. The summed E-state index contributed by atoms with van der Waals surface area (Å²) in [5.41, 5.74) is -8.66. The highest BCUT2D eigenvalue weighted by molar-refractivity contribution is 6.31. The number of phenolic OH excluding ortho intramolecular Hbond substituents is 4. The predicted octanol–water partition coefficient (Wildman–Crippen LogP) is 1.11. The standard InChI is InChI=1S/C30H22O12/c1-5-3-7(31)9-11(19(5)33)27(41)29-13-14-24(38)17(29)26(40)16-22(36)10-8(32)4-6(2)20(34)12(10)28(42)30(14,16)18(23(13)37)25(39)15(29)21(9)35/h3-4,13-14,17-18,23-24,31-38H,1-2H3/t13-,14+,17+,18-,23+,24-,29+,30-. The molecule has 4 bridgehead atoms. The summed E-state index contributed by atoms with van der Waals surface area (Å²) in [5, 5.41) is 89.8. The Morgan fingerprint density at radius 3 is 1.24 bits per heavy atom. The van der Waals surface area contributed by atoms with E-state index in [1.165, 1.54) is 13.8 Å². The second kappa shape index (κ2) is 6.85. The van der Waals surface area contributed by atoms with Crippen molar-refractivity contribution < 1.29 is 60.0 Å². The molecule has 0 amide bonds. The third-order valence-electron chi connectivity index (χ3n) is 10.8. The van der Waals surface area contributed by atoms with Gasteiger partial charge < -0.3 is 40.9 Å². The first-order valence-corrected chi connectivity index (χ1v) is 13.2. The van der Waals surface area contributed by atoms with Gasteiger partial charge in [0.15, 0.2) is 23.1 Å². The Labute approximate surface area is 235 Å². The summed E-state index contributed by atoms with van der Waals surface area (Å²) in [4.78, 5) is 58.1. The van der Waals surface area contributed by atoms with Crippen molar-refractivity contribution in [3.8, 4) is 23.0 Å². The van der Waals surface area contributed by atoms with Gasteiger partial charge in [-0.2, -0.15) is 0 Å². The van der Waals surface area contributed by atoms with Crippen LogP contribution in [-0.4, -0.2) is 76.2 Å². The van der Waals surface area contributed by atoms with E-state index in [-0.39, 0.29) is 11.1 Å². The number of aryl methyl sites for hydroxylation is 2. The van der Waals surface area contributed by atoms with Crippen LogP contribution in [0.25, 0.3) is 11.5 Å². The third kappa shape index (κ3) is 2.03. The molecule has 8 rings (SSSR count). The lowest BCUT2D eigenvalue weighted by Gasteiger charge is -2.53. The van der Waals surface area contributed by atoms with Gasteiger partial charge in [-0.3, -0.25) is 19.2 Å². The van der Waals surface area contributed by atoms with E-state index >= 15 is 0 Å². The molecule has 4 saturated carbocycles. The molecule has 0 radical (unpaired) electrons. The summed E-state index contributed by atoms with van der Waals surface area (Å²) in [6, 6.07) is 2.13. The number of aliphatic hydroxyl groups excluding tert-OH is 4. The van der Waals surface area contributed by atoms with E-state index in [0.29, 0.717) is 0 Å². The van der Waals surface area contributed by atoms with Crippen molar-refractivity contribution in [3.05, 3.63) is 56.7 Å². The van der Waals surface area contributed by atoms with Gasteiger partial charge in [-0.25, -0.2) is 0 Å². The molecule has 2 aromatic rings. The van der Waals surface area contributed by atoms with Crippen molar-refractivity contribution >= 4 is 34.7 Å². The minimum Gasteiger partial charge on any atom is -0.507 e. The summed E-state index contributed by atoms with van der Waals surface area (Å²) >= 11 is 0. The van der Waals surface area contributed by atoms with Crippen LogP contribution in [0.2, 0.25) is 0 Å². The Morgan fingerprint density at radius 2 is 0.905 bits per heavy atom. The number of aliphatic hydroxyl groups is 4. The maximum Gasteiger partial charge on any atom is 0.179 e. The van der Waals surface area contributed by atoms with Gasteiger partial charge in [0, 0.05) is 11.8 Å². The van der Waals surface area contributed by atoms with E-state index in [4.69, 9.17) is 0 Å². The Balaban J connectivity index is 1.56. The number of carbonyl (C=O) groups is 4. The van der Waals surface area contributed by atoms with Crippen LogP contribution in [-0.2, 0) is 9.59 Å². The number of ketones is 4. The summed E-state index contributed by atoms with van der Waals surface area (Å²) in [6.07, 6.45) is -3.71. The Morgan fingerprint density at radius 1 is 0.571 bits per heavy atom. The van der Waals surface area contributed by atoms with Crippen LogP contribution >= 0.6 is 0 Å². The number of hydrogen-bond donors (Lipinski definition) is 8. The smallest absolute Gasteiger partial charge is 0.179 e. The van der Waals surface area contributed by atoms with E-state index in [1.807, 2.05) is 0 Å². The molecule has 4 fully saturated rings. The Bertz CT molecular complexity index is 1780. The van der Waals surface area contributed by atoms with Gasteiger partial charge in [0.05, 0.1) is 68.3 Å². The van der Waals surface area contributed by atoms with E-state index in [0.717, 1.165) is 12.1 Å². The quantitative estimate of drug-likeness (QED) is 0.207. The molecule has 12 nitrogen and oxygen atoms in total. The van der Waals surface area contributed by atoms with Crippen molar-refractivity contribution in [2.75, 3.05) is 0 Å². The van der Waals surface area contributed by atoms with Crippen LogP contribution in [0, 0.1) is 48.3 Å². The molecule has 0 aromatic heterocycles. The van der Waals surface area contributed by atoms with Crippen LogP contribution in [0.4, 0.5) is 0 Å². The van der Waals surface area contributed by atoms with Crippen LogP contribution in [0.15, 0.2) is 23.3 Å². The molecular weight excluding hydrogens is 552 g/mol. The summed E-state index contributed by atoms with van der Waals surface area (Å²) in [6.45, 7) is 2.72. The maximum absolute atomic E-state index is 14.6. The fraction of sp³-hybridized carbons (Fsp3) is 0.333. The molecule has 2 spiro atoms. The normalized spacial score (nSPS) is 36.9. The lowest BCUT2D eigenvalue weighted by molar-refractivity contribution is -0.142. The minimum atomic E-state index is -2.48. The van der Waals surface area contributed by atoms with Gasteiger partial charge >= 0.3 is 0 Å². The fourth-order valence-electron chi connectivity index (χ4n) is 9.59. The zero-order valence-corrected chi connectivity index (χ0v) is 21.8. The molecule has 0 heterocycles. The van der Waals surface area contributed by atoms with Gasteiger partial charge in [0.25, 0.3) is 0 Å². The highest BCUT2D eigenvalue weighted by atomic mass is 16.3. The number of carbonyl (C=O) groups excluding carboxylic acids is 4. The molecule has 0 saturated heterocycles. The van der Waals surface area contributed by atoms with Gasteiger partial charge in [-0.05, 0) is 37.1 Å². The fourth-order valence-corrected chi connectivity index (χ4v) is 9.59. The monoisotopic (exact) mass is 574 g/mol. The van der Waals surface area contributed by atoms with Crippen molar-refractivity contribution in [2.24, 2.45) is 34.5 Å². The van der Waals surface area contributed by atoms with Crippen LogP contribution in [0.1, 0.15) is 43.0 Å². The number of phenols is 4. The lowest BCUT2D eigenvalue weighted by Crippen LogP contribution is -2.65. The molecule has 214 valence electrons. The maximum atomic E-state index is 14.6. The number of aromatic hydroxyl groups is 4. The number of fused-ring (bicyclic) bond motifs is 4. The first-order valence-electron chi connectivity index (χ1n) is 13.2. The third-order valence-corrected chi connectivity index (χ3v) is 10.8. The predicted molar refractivity (Wildman–Crippen MR) is 138 cm³/mol. The van der Waals surface area contributed by atoms with E-state index in [2.05, 4.69) is 0 Å². The Kier molecular flexibility index (Phi) is 4.09. The molecule has 42 heavy (non-hydrogen) atoms. The molecule has 8 N–H and O–H groups in total. The van der Waals surface area contributed by atoms with E-state index in [9.17, 15) is 60.0 Å². The molecule has 0 unspecified atom stereocenters. The molecule has 6 aliphatic rings. The lowest BCUT2D eigenvalue weighted by atomic mass is 9.46. The van der Waals surface area contributed by atoms with Crippen LogP contribution in [0.3, 0.4) is 0 Å². The van der Waals surface area contributed by atoms with Crippen molar-refractivity contribution in [1.82, 2.24) is 0 Å². The zero-order chi connectivity index (χ0) is 30.3. The second-order valence-corrected chi connectivity index (χ2v) is 12.2. The number of benzene rings is 2. The summed E-state index contributed by atoms with van der Waals surface area (Å²) < 4.78 is 0.